The van der Waals surface area contributed by atoms with Crippen LogP contribution < -0.4 is 10.1 Å². The molecule has 2 aliphatic rings. The first-order chi connectivity index (χ1) is 14.0. The van der Waals surface area contributed by atoms with Crippen LogP contribution in [-0.4, -0.2) is 36.4 Å². The second kappa shape index (κ2) is 8.27. The molecule has 3 atom stereocenters. The van der Waals surface area contributed by atoms with Crippen molar-refractivity contribution in [2.75, 3.05) is 19.0 Å². The highest BCUT2D eigenvalue weighted by Gasteiger charge is 2.39. The lowest BCUT2D eigenvalue weighted by Crippen LogP contribution is -2.36. The Hall–Kier alpha value is -2.82. The Balaban J connectivity index is 1.45. The van der Waals surface area contributed by atoms with Gasteiger partial charge in [-0.1, -0.05) is 25.1 Å². The maximum Gasteiger partial charge on any atom is 0.254 e. The summed E-state index contributed by atoms with van der Waals surface area (Å²) in [5.74, 6) is 1.50. The van der Waals surface area contributed by atoms with Crippen LogP contribution in [0.3, 0.4) is 0 Å². The molecule has 1 aliphatic carbocycles. The van der Waals surface area contributed by atoms with Crippen LogP contribution in [0.2, 0.25) is 0 Å². The van der Waals surface area contributed by atoms with E-state index in [1.165, 1.54) is 5.56 Å². The van der Waals surface area contributed by atoms with E-state index in [9.17, 15) is 9.59 Å². The first-order valence-corrected chi connectivity index (χ1v) is 10.4. The lowest BCUT2D eigenvalue weighted by molar-refractivity contribution is -0.117. The van der Waals surface area contributed by atoms with Crippen LogP contribution >= 0.6 is 0 Å². The minimum Gasteiger partial charge on any atom is -0.497 e. The predicted octanol–water partition coefficient (Wildman–Crippen LogP) is 4.14. The fraction of sp³-hybridized carbons (Fsp3) is 0.417. The third-order valence-corrected chi connectivity index (χ3v) is 6.07. The zero-order valence-electron chi connectivity index (χ0n) is 17.1. The molecule has 1 aliphatic heterocycles. The second-order valence-electron chi connectivity index (χ2n) is 8.24. The third kappa shape index (κ3) is 4.44. The molecule has 2 aromatic rings. The van der Waals surface area contributed by atoms with Gasteiger partial charge < -0.3 is 15.0 Å². The monoisotopic (exact) mass is 392 g/mol. The van der Waals surface area contributed by atoms with Crippen LogP contribution in [0.25, 0.3) is 0 Å². The SMILES string of the molecule is COc1cccc(CC2CCCN2C(=O)c2cccc(NC(=O)C3CC3C)c2)c1. The number of carbonyl (C=O) groups excluding carboxylic acids is 2. The molecule has 4 rings (SSSR count). The Kier molecular flexibility index (Phi) is 5.56. The summed E-state index contributed by atoms with van der Waals surface area (Å²) in [6.45, 7) is 2.85. The van der Waals surface area contributed by atoms with Crippen molar-refractivity contribution >= 4 is 17.5 Å². The molecule has 5 nitrogen and oxygen atoms in total. The number of hydrogen-bond donors (Lipinski definition) is 1. The number of ether oxygens (including phenoxy) is 1. The van der Waals surface area contributed by atoms with Gasteiger partial charge in [0.25, 0.3) is 5.91 Å². The highest BCUT2D eigenvalue weighted by atomic mass is 16.5. The van der Waals surface area contributed by atoms with E-state index in [2.05, 4.69) is 18.3 Å². The molecular formula is C24H28N2O3. The summed E-state index contributed by atoms with van der Waals surface area (Å²) in [7, 11) is 1.67. The van der Waals surface area contributed by atoms with Gasteiger partial charge in [0.1, 0.15) is 5.75 Å². The number of methoxy groups -OCH3 is 1. The smallest absolute Gasteiger partial charge is 0.254 e. The van der Waals surface area contributed by atoms with Gasteiger partial charge in [0.05, 0.1) is 7.11 Å². The molecule has 152 valence electrons. The lowest BCUT2D eigenvalue weighted by Gasteiger charge is -2.25. The molecule has 1 saturated heterocycles. The van der Waals surface area contributed by atoms with Gasteiger partial charge in [0.15, 0.2) is 0 Å². The first-order valence-electron chi connectivity index (χ1n) is 10.4. The van der Waals surface area contributed by atoms with Crippen molar-refractivity contribution in [3.05, 3.63) is 59.7 Å². The average Bonchev–Trinajstić information content (AvgIpc) is 3.30. The van der Waals surface area contributed by atoms with E-state index in [-0.39, 0.29) is 23.8 Å². The van der Waals surface area contributed by atoms with Crippen molar-refractivity contribution in [3.63, 3.8) is 0 Å². The van der Waals surface area contributed by atoms with Gasteiger partial charge in [0.2, 0.25) is 5.91 Å². The standard InChI is InChI=1S/C24H28N2O3/c1-16-12-22(16)23(27)25-19-8-4-7-18(15-19)24(28)26-11-5-9-20(26)13-17-6-3-10-21(14-17)29-2/h3-4,6-8,10,14-16,20,22H,5,9,11-13H2,1-2H3,(H,25,27). The summed E-state index contributed by atoms with van der Waals surface area (Å²) in [6, 6.07) is 15.5. The van der Waals surface area contributed by atoms with Crippen molar-refractivity contribution < 1.29 is 14.3 Å². The van der Waals surface area contributed by atoms with E-state index in [4.69, 9.17) is 4.74 Å². The molecule has 0 aromatic heterocycles. The zero-order valence-corrected chi connectivity index (χ0v) is 17.1. The maximum atomic E-state index is 13.2. The van der Waals surface area contributed by atoms with E-state index >= 15 is 0 Å². The Morgan fingerprint density at radius 3 is 2.72 bits per heavy atom. The van der Waals surface area contributed by atoms with Gasteiger partial charge in [-0.25, -0.2) is 0 Å². The van der Waals surface area contributed by atoms with Crippen molar-refractivity contribution in [3.8, 4) is 5.75 Å². The molecule has 3 unspecified atom stereocenters. The van der Waals surface area contributed by atoms with Crippen molar-refractivity contribution in [2.45, 2.75) is 38.6 Å². The highest BCUT2D eigenvalue weighted by Crippen LogP contribution is 2.38. The fourth-order valence-electron chi connectivity index (χ4n) is 4.20. The molecule has 29 heavy (non-hydrogen) atoms. The van der Waals surface area contributed by atoms with Crippen LogP contribution in [0.5, 0.6) is 5.75 Å². The van der Waals surface area contributed by atoms with Crippen molar-refractivity contribution in [2.24, 2.45) is 11.8 Å². The first kappa shape index (κ1) is 19.5. The molecule has 1 heterocycles. The molecule has 2 fully saturated rings. The Labute approximate surface area is 172 Å². The van der Waals surface area contributed by atoms with Gasteiger partial charge in [-0.15, -0.1) is 0 Å². The molecule has 1 saturated carbocycles. The molecule has 2 aromatic carbocycles. The van der Waals surface area contributed by atoms with E-state index in [0.717, 1.165) is 38.0 Å². The van der Waals surface area contributed by atoms with Crippen LogP contribution in [0.4, 0.5) is 5.69 Å². The Bertz CT molecular complexity index is 911. The number of rotatable bonds is 6. The molecule has 0 spiro atoms. The highest BCUT2D eigenvalue weighted by molar-refractivity contribution is 5.98. The minimum atomic E-state index is 0.0336. The summed E-state index contributed by atoms with van der Waals surface area (Å²) >= 11 is 0. The number of likely N-dealkylation sites (tertiary alicyclic amines) is 1. The van der Waals surface area contributed by atoms with E-state index in [1.807, 2.05) is 41.3 Å². The van der Waals surface area contributed by atoms with Crippen LogP contribution in [-0.2, 0) is 11.2 Å². The summed E-state index contributed by atoms with van der Waals surface area (Å²) in [4.78, 5) is 27.4. The fourth-order valence-corrected chi connectivity index (χ4v) is 4.20. The van der Waals surface area contributed by atoms with Crippen molar-refractivity contribution in [1.82, 2.24) is 4.90 Å². The van der Waals surface area contributed by atoms with Gasteiger partial charge in [-0.05, 0) is 67.5 Å². The number of amides is 2. The molecule has 2 amide bonds. The molecular weight excluding hydrogens is 364 g/mol. The number of nitrogens with one attached hydrogen (secondary N) is 1. The van der Waals surface area contributed by atoms with Gasteiger partial charge >= 0.3 is 0 Å². The van der Waals surface area contributed by atoms with Gasteiger partial charge in [0, 0.05) is 29.8 Å². The van der Waals surface area contributed by atoms with Crippen LogP contribution in [0, 0.1) is 11.8 Å². The maximum absolute atomic E-state index is 13.2. The summed E-state index contributed by atoms with van der Waals surface area (Å²) < 4.78 is 5.32. The molecule has 1 N–H and O–H groups in total. The van der Waals surface area contributed by atoms with Gasteiger partial charge in [-0.3, -0.25) is 9.59 Å². The number of carbonyl (C=O) groups is 2. The summed E-state index contributed by atoms with van der Waals surface area (Å²) in [5.41, 5.74) is 2.50. The summed E-state index contributed by atoms with van der Waals surface area (Å²) in [6.07, 6.45) is 3.78. The normalized spacial score (nSPS) is 23.0. The number of nitrogens with zero attached hydrogens (tertiary/aromatic N) is 1. The minimum absolute atomic E-state index is 0.0336. The quantitative estimate of drug-likeness (QED) is 0.804. The zero-order chi connectivity index (χ0) is 20.4. The molecule has 0 bridgehead atoms. The largest absolute Gasteiger partial charge is 0.497 e. The predicted molar refractivity (Wildman–Crippen MR) is 113 cm³/mol. The topological polar surface area (TPSA) is 58.6 Å². The third-order valence-electron chi connectivity index (χ3n) is 6.07. The number of hydrogen-bond acceptors (Lipinski definition) is 3. The van der Waals surface area contributed by atoms with Crippen LogP contribution in [0.15, 0.2) is 48.5 Å². The summed E-state index contributed by atoms with van der Waals surface area (Å²) in [5, 5.41) is 2.96. The van der Waals surface area contributed by atoms with Crippen LogP contribution in [0.1, 0.15) is 42.1 Å². The van der Waals surface area contributed by atoms with E-state index in [0.29, 0.717) is 17.2 Å². The molecule has 5 heteroatoms. The van der Waals surface area contributed by atoms with Crippen molar-refractivity contribution in [1.29, 1.82) is 0 Å². The Morgan fingerprint density at radius 2 is 1.97 bits per heavy atom. The number of anilines is 1. The Morgan fingerprint density at radius 1 is 1.17 bits per heavy atom. The van der Waals surface area contributed by atoms with Gasteiger partial charge in [-0.2, -0.15) is 0 Å². The van der Waals surface area contributed by atoms with E-state index in [1.54, 1.807) is 13.2 Å². The lowest BCUT2D eigenvalue weighted by atomic mass is 10.0. The second-order valence-corrected chi connectivity index (χ2v) is 8.24. The van der Waals surface area contributed by atoms with E-state index < -0.39 is 0 Å². The number of benzene rings is 2. The molecule has 0 radical (unpaired) electrons. The average molecular weight is 392 g/mol.